The van der Waals surface area contributed by atoms with Crippen molar-refractivity contribution >= 4 is 40.1 Å². The predicted molar refractivity (Wildman–Crippen MR) is 97.1 cm³/mol. The first kappa shape index (κ1) is 17.8. The number of nitrogens with zero attached hydrogens (tertiary/aromatic N) is 1. The predicted octanol–water partition coefficient (Wildman–Crippen LogP) is 3.10. The van der Waals surface area contributed by atoms with E-state index in [1.165, 1.54) is 24.7 Å². The highest BCUT2D eigenvalue weighted by molar-refractivity contribution is 6.31. The lowest BCUT2D eigenvalue weighted by molar-refractivity contribution is -0.116. The molecule has 0 fully saturated rings. The molecule has 1 amide bonds. The number of aromatic nitrogens is 1. The number of carbonyl (C=O) groups is 2. The Balaban J connectivity index is 1.88. The maximum absolute atomic E-state index is 12.4. The van der Waals surface area contributed by atoms with E-state index in [0.717, 1.165) is 0 Å². The number of benzene rings is 2. The molecular weight excluding hydrogens is 360 g/mol. The Kier molecular flexibility index (Phi) is 4.81. The highest BCUT2D eigenvalue weighted by Crippen LogP contribution is 2.27. The van der Waals surface area contributed by atoms with E-state index < -0.39 is 11.7 Å². The van der Waals surface area contributed by atoms with Crippen LogP contribution >= 0.6 is 11.6 Å². The number of hydrogen-bond donors (Lipinski definition) is 1. The van der Waals surface area contributed by atoms with Crippen LogP contribution in [-0.4, -0.2) is 23.4 Å². The van der Waals surface area contributed by atoms with Gasteiger partial charge in [-0.25, -0.2) is 4.79 Å². The third-order valence-electron chi connectivity index (χ3n) is 3.81. The number of halogens is 1. The van der Waals surface area contributed by atoms with Gasteiger partial charge in [0.2, 0.25) is 5.91 Å². The summed E-state index contributed by atoms with van der Waals surface area (Å²) in [6, 6.07) is 9.44. The summed E-state index contributed by atoms with van der Waals surface area (Å²) in [6.45, 7) is 1.16. The number of hydrogen-bond acceptors (Lipinski definition) is 5. The quantitative estimate of drug-likeness (QED) is 0.693. The van der Waals surface area contributed by atoms with E-state index in [9.17, 15) is 14.4 Å². The largest absolute Gasteiger partial charge is 0.495 e. The molecule has 26 heavy (non-hydrogen) atoms. The summed E-state index contributed by atoms with van der Waals surface area (Å²) in [7, 11) is 1.47. The topological polar surface area (TPSA) is 90.5 Å². The number of Topliss-reactive ketones (excluding diaryl/α,β-unsaturated/α-hetero) is 1. The molecule has 1 N–H and O–H groups in total. The zero-order valence-corrected chi connectivity index (χ0v) is 14.8. The Morgan fingerprint density at radius 3 is 2.69 bits per heavy atom. The van der Waals surface area contributed by atoms with E-state index >= 15 is 0 Å². The number of rotatable bonds is 5. The first-order chi connectivity index (χ1) is 12.4. The van der Waals surface area contributed by atoms with E-state index in [-0.39, 0.29) is 17.9 Å². The van der Waals surface area contributed by atoms with Gasteiger partial charge in [-0.1, -0.05) is 11.6 Å². The molecule has 8 heteroatoms. The van der Waals surface area contributed by atoms with Crippen LogP contribution < -0.4 is 15.8 Å². The molecule has 0 atom stereocenters. The van der Waals surface area contributed by atoms with E-state index in [0.29, 0.717) is 27.5 Å². The molecular formula is C18H15ClN2O5. The van der Waals surface area contributed by atoms with Gasteiger partial charge in [0.25, 0.3) is 0 Å². The van der Waals surface area contributed by atoms with Crippen LogP contribution in [0.2, 0.25) is 5.02 Å². The maximum atomic E-state index is 12.4. The molecule has 7 nitrogen and oxygen atoms in total. The van der Waals surface area contributed by atoms with Gasteiger partial charge in [0.1, 0.15) is 12.3 Å². The zero-order chi connectivity index (χ0) is 18.8. The lowest BCUT2D eigenvalue weighted by Gasteiger charge is -2.10. The zero-order valence-electron chi connectivity index (χ0n) is 14.0. The standard InChI is InChI=1S/C18H15ClN2O5/c1-10(22)11-3-5-14-16(7-11)26-18(24)21(14)9-17(23)20-13-8-12(19)4-6-15(13)25-2/h3-8H,9H2,1-2H3,(H,20,23). The summed E-state index contributed by atoms with van der Waals surface area (Å²) < 4.78 is 11.5. The van der Waals surface area contributed by atoms with Crippen molar-refractivity contribution < 1.29 is 18.7 Å². The van der Waals surface area contributed by atoms with Gasteiger partial charge in [0, 0.05) is 10.6 Å². The number of nitrogens with one attached hydrogen (secondary N) is 1. The second kappa shape index (κ2) is 7.05. The van der Waals surface area contributed by atoms with Gasteiger partial charge in [-0.3, -0.25) is 14.2 Å². The fourth-order valence-corrected chi connectivity index (χ4v) is 2.72. The molecule has 0 aliphatic carbocycles. The number of anilines is 1. The molecule has 0 aliphatic rings. The molecule has 134 valence electrons. The Bertz CT molecular complexity index is 1070. The lowest BCUT2D eigenvalue weighted by Crippen LogP contribution is -2.25. The van der Waals surface area contributed by atoms with Gasteiger partial charge in [-0.15, -0.1) is 0 Å². The van der Waals surface area contributed by atoms with Crippen LogP contribution in [0.4, 0.5) is 5.69 Å². The van der Waals surface area contributed by atoms with Crippen molar-refractivity contribution in [3.05, 3.63) is 57.5 Å². The summed E-state index contributed by atoms with van der Waals surface area (Å²) in [5.74, 6) is -0.841. The molecule has 1 aromatic heterocycles. The molecule has 0 aliphatic heterocycles. The highest BCUT2D eigenvalue weighted by atomic mass is 35.5. The number of fused-ring (bicyclic) bond motifs is 1. The monoisotopic (exact) mass is 374 g/mol. The van der Waals surface area contributed by atoms with Crippen LogP contribution in [0.25, 0.3) is 11.1 Å². The second-order valence-electron chi connectivity index (χ2n) is 5.59. The molecule has 0 radical (unpaired) electrons. The van der Waals surface area contributed by atoms with Crippen LogP contribution in [0.1, 0.15) is 17.3 Å². The summed E-state index contributed by atoms with van der Waals surface area (Å²) in [4.78, 5) is 35.9. The molecule has 3 rings (SSSR count). The summed E-state index contributed by atoms with van der Waals surface area (Å²) in [5, 5.41) is 3.09. The van der Waals surface area contributed by atoms with Crippen LogP contribution in [0.3, 0.4) is 0 Å². The maximum Gasteiger partial charge on any atom is 0.420 e. The van der Waals surface area contributed by atoms with E-state index in [1.54, 1.807) is 30.3 Å². The van der Waals surface area contributed by atoms with Crippen molar-refractivity contribution in [3.63, 3.8) is 0 Å². The van der Waals surface area contributed by atoms with Crippen LogP contribution in [-0.2, 0) is 11.3 Å². The fourth-order valence-electron chi connectivity index (χ4n) is 2.55. The number of ketones is 1. The molecule has 2 aromatic carbocycles. The second-order valence-corrected chi connectivity index (χ2v) is 6.02. The number of carbonyl (C=O) groups excluding carboxylic acids is 2. The van der Waals surface area contributed by atoms with Crippen molar-refractivity contribution in [2.24, 2.45) is 0 Å². The van der Waals surface area contributed by atoms with Crippen LogP contribution in [0.5, 0.6) is 5.75 Å². The SMILES string of the molecule is COc1ccc(Cl)cc1NC(=O)Cn1c(=O)oc2cc(C(C)=O)ccc21. The minimum Gasteiger partial charge on any atom is -0.495 e. The number of methoxy groups -OCH3 is 1. The average Bonchev–Trinajstić information content (AvgIpc) is 2.90. The third kappa shape index (κ3) is 3.48. The molecule has 0 saturated carbocycles. The summed E-state index contributed by atoms with van der Waals surface area (Å²) >= 11 is 5.94. The van der Waals surface area contributed by atoms with Crippen molar-refractivity contribution in [1.82, 2.24) is 4.57 Å². The third-order valence-corrected chi connectivity index (χ3v) is 4.05. The minimum absolute atomic E-state index is 0.145. The van der Waals surface area contributed by atoms with Gasteiger partial charge in [-0.2, -0.15) is 0 Å². The van der Waals surface area contributed by atoms with Crippen molar-refractivity contribution in [3.8, 4) is 5.75 Å². The van der Waals surface area contributed by atoms with E-state index in [2.05, 4.69) is 5.32 Å². The average molecular weight is 375 g/mol. The highest BCUT2D eigenvalue weighted by Gasteiger charge is 2.15. The van der Waals surface area contributed by atoms with E-state index in [4.69, 9.17) is 20.8 Å². The molecule has 3 aromatic rings. The van der Waals surface area contributed by atoms with Gasteiger partial charge in [0.15, 0.2) is 11.4 Å². The molecule has 0 unspecified atom stereocenters. The van der Waals surface area contributed by atoms with Crippen molar-refractivity contribution in [2.75, 3.05) is 12.4 Å². The van der Waals surface area contributed by atoms with Crippen LogP contribution in [0.15, 0.2) is 45.6 Å². The Morgan fingerprint density at radius 1 is 1.23 bits per heavy atom. The Morgan fingerprint density at radius 2 is 2.00 bits per heavy atom. The van der Waals surface area contributed by atoms with Gasteiger partial charge < -0.3 is 14.5 Å². The first-order valence-corrected chi connectivity index (χ1v) is 8.04. The van der Waals surface area contributed by atoms with Crippen molar-refractivity contribution in [2.45, 2.75) is 13.5 Å². The smallest absolute Gasteiger partial charge is 0.420 e. The van der Waals surface area contributed by atoms with Crippen LogP contribution in [0, 0.1) is 0 Å². The van der Waals surface area contributed by atoms with Gasteiger partial charge in [0.05, 0.1) is 18.3 Å². The molecule has 0 saturated heterocycles. The first-order valence-electron chi connectivity index (χ1n) is 7.67. The normalized spacial score (nSPS) is 10.7. The Labute approximate surface area is 153 Å². The molecule has 0 spiro atoms. The number of ether oxygens (including phenoxy) is 1. The number of oxazole rings is 1. The van der Waals surface area contributed by atoms with Gasteiger partial charge in [-0.05, 0) is 43.3 Å². The molecule has 0 bridgehead atoms. The summed E-state index contributed by atoms with van der Waals surface area (Å²) in [5.41, 5.74) is 1.49. The Hall–Kier alpha value is -3.06. The minimum atomic E-state index is -0.686. The number of amides is 1. The van der Waals surface area contributed by atoms with Gasteiger partial charge >= 0.3 is 5.76 Å². The lowest BCUT2D eigenvalue weighted by atomic mass is 10.1. The molecule has 1 heterocycles. The summed E-state index contributed by atoms with van der Waals surface area (Å²) in [6.07, 6.45) is 0. The van der Waals surface area contributed by atoms with Crippen molar-refractivity contribution in [1.29, 1.82) is 0 Å². The van der Waals surface area contributed by atoms with E-state index in [1.807, 2.05) is 0 Å². The fraction of sp³-hybridized carbons (Fsp3) is 0.167.